The van der Waals surface area contributed by atoms with E-state index in [-0.39, 0.29) is 35.5 Å². The molecule has 3 unspecified atom stereocenters. The van der Waals surface area contributed by atoms with Crippen molar-refractivity contribution in [3.8, 4) is 0 Å². The molecule has 6 atom stereocenters. The molecule has 35 heavy (non-hydrogen) atoms. The Kier molecular flexibility index (Phi) is 8.42. The molecule has 0 saturated carbocycles. The summed E-state index contributed by atoms with van der Waals surface area (Å²) in [6.45, 7) is 5.49. The number of nitrogens with zero attached hydrogens (tertiary/aromatic N) is 1. The highest BCUT2D eigenvalue weighted by Crippen LogP contribution is 2.68. The van der Waals surface area contributed by atoms with Crippen molar-refractivity contribution in [2.45, 2.75) is 74.8 Å². The minimum Gasteiger partial charge on any atom is -0.396 e. The van der Waals surface area contributed by atoms with Crippen LogP contribution in [0.1, 0.15) is 58.8 Å². The van der Waals surface area contributed by atoms with Crippen molar-refractivity contribution in [3.63, 3.8) is 0 Å². The number of para-hydroxylation sites is 1. The molecule has 3 N–H and O–H groups in total. The summed E-state index contributed by atoms with van der Waals surface area (Å²) in [5, 5.41) is 15.4. The van der Waals surface area contributed by atoms with Crippen molar-refractivity contribution >= 4 is 35.2 Å². The maximum absolute atomic E-state index is 13.9. The van der Waals surface area contributed by atoms with E-state index < -0.39 is 22.6 Å². The van der Waals surface area contributed by atoms with Crippen molar-refractivity contribution in [2.75, 3.05) is 25.0 Å². The molecule has 3 fully saturated rings. The largest absolute Gasteiger partial charge is 0.396 e. The minimum atomic E-state index is -0.577. The van der Waals surface area contributed by atoms with E-state index >= 15 is 0 Å². The number of nitrogens with one attached hydrogen (secondary N) is 2. The standard InChI is InChI=1S/C27H39N3O4S/c1-3-4-9-14-28-25(33)23-27-18(2)17-20(35-27)21(24(32)29-19-12-7-5-8-13-19)22(27)26(34)30(23)15-10-6-11-16-31/h5,7-8,12-13,18,20-23,31H,3-4,6,9-11,14-17H2,1-2H3,(H,28,33)(H,29,32)/t18?,20-,21+,22+,23?,27?/m1/s1. The van der Waals surface area contributed by atoms with Gasteiger partial charge in [-0.3, -0.25) is 14.4 Å². The molecule has 1 aromatic carbocycles. The second kappa shape index (κ2) is 11.3. The van der Waals surface area contributed by atoms with Crippen LogP contribution in [0.5, 0.6) is 0 Å². The third-order valence-electron chi connectivity index (χ3n) is 7.97. The first-order chi connectivity index (χ1) is 17.0. The number of carbonyl (C=O) groups is 3. The Balaban J connectivity index is 1.60. The van der Waals surface area contributed by atoms with Gasteiger partial charge in [-0.25, -0.2) is 0 Å². The number of hydrogen-bond acceptors (Lipinski definition) is 5. The molecule has 1 spiro atoms. The first kappa shape index (κ1) is 26.0. The van der Waals surface area contributed by atoms with Crippen LogP contribution in [0.4, 0.5) is 5.69 Å². The number of thioether (sulfide) groups is 1. The summed E-state index contributed by atoms with van der Waals surface area (Å²) in [6.07, 6.45) is 6.09. The van der Waals surface area contributed by atoms with Crippen LogP contribution in [0.2, 0.25) is 0 Å². The number of aliphatic hydroxyl groups excluding tert-OH is 1. The van der Waals surface area contributed by atoms with Crippen LogP contribution in [-0.4, -0.2) is 63.5 Å². The highest BCUT2D eigenvalue weighted by atomic mass is 32.2. The fraction of sp³-hybridized carbons (Fsp3) is 0.667. The monoisotopic (exact) mass is 501 g/mol. The zero-order valence-corrected chi connectivity index (χ0v) is 21.7. The summed E-state index contributed by atoms with van der Waals surface area (Å²) in [5.41, 5.74) is 0.726. The fourth-order valence-corrected chi connectivity index (χ4v) is 8.78. The molecular weight excluding hydrogens is 462 g/mol. The molecule has 3 amide bonds. The summed E-state index contributed by atoms with van der Waals surface area (Å²) >= 11 is 1.71. The second-order valence-corrected chi connectivity index (χ2v) is 11.8. The zero-order chi connectivity index (χ0) is 25.0. The van der Waals surface area contributed by atoms with Crippen LogP contribution in [-0.2, 0) is 14.4 Å². The van der Waals surface area contributed by atoms with Gasteiger partial charge in [0.05, 0.1) is 16.6 Å². The lowest BCUT2D eigenvalue weighted by atomic mass is 9.66. The van der Waals surface area contributed by atoms with E-state index in [9.17, 15) is 14.4 Å². The van der Waals surface area contributed by atoms with E-state index in [1.165, 1.54) is 0 Å². The third-order valence-corrected chi connectivity index (χ3v) is 10.1. The van der Waals surface area contributed by atoms with Gasteiger partial charge < -0.3 is 20.6 Å². The van der Waals surface area contributed by atoms with E-state index in [1.807, 2.05) is 30.3 Å². The number of likely N-dealkylation sites (tertiary alicyclic amines) is 1. The SMILES string of the molecule is CCCCCNC(=O)C1N(CCCCCO)C(=O)[C@@H]2[C@@H](C(=O)Nc3ccccc3)[C@H]3CC(C)C12S3. The normalized spacial score (nSPS) is 31.0. The molecule has 3 heterocycles. The molecule has 0 aliphatic carbocycles. The van der Waals surface area contributed by atoms with E-state index in [4.69, 9.17) is 5.11 Å². The Bertz CT molecular complexity index is 913. The first-order valence-corrected chi connectivity index (χ1v) is 14.1. The highest BCUT2D eigenvalue weighted by Gasteiger charge is 2.75. The molecule has 1 aromatic rings. The smallest absolute Gasteiger partial charge is 0.244 e. The summed E-state index contributed by atoms with van der Waals surface area (Å²) < 4.78 is -0.577. The number of anilines is 1. The van der Waals surface area contributed by atoms with Gasteiger partial charge in [-0.1, -0.05) is 44.9 Å². The third kappa shape index (κ3) is 4.84. The van der Waals surface area contributed by atoms with Gasteiger partial charge in [0.15, 0.2) is 0 Å². The quantitative estimate of drug-likeness (QED) is 0.381. The van der Waals surface area contributed by atoms with Crippen LogP contribution >= 0.6 is 11.8 Å². The molecule has 0 radical (unpaired) electrons. The molecule has 0 aromatic heterocycles. The number of rotatable bonds is 12. The number of hydrogen-bond donors (Lipinski definition) is 3. The average molecular weight is 502 g/mol. The maximum Gasteiger partial charge on any atom is 0.244 e. The van der Waals surface area contributed by atoms with Crippen LogP contribution in [0, 0.1) is 17.8 Å². The molecule has 192 valence electrons. The van der Waals surface area contributed by atoms with Gasteiger partial charge in [-0.15, -0.1) is 11.8 Å². The van der Waals surface area contributed by atoms with Crippen LogP contribution < -0.4 is 10.6 Å². The summed E-state index contributed by atoms with van der Waals surface area (Å²) in [7, 11) is 0. The highest BCUT2D eigenvalue weighted by molar-refractivity contribution is 8.02. The van der Waals surface area contributed by atoms with Crippen molar-refractivity contribution in [1.82, 2.24) is 10.2 Å². The van der Waals surface area contributed by atoms with E-state index in [0.29, 0.717) is 19.5 Å². The van der Waals surface area contributed by atoms with Gasteiger partial charge in [-0.05, 0) is 50.2 Å². The predicted molar refractivity (Wildman–Crippen MR) is 139 cm³/mol. The Morgan fingerprint density at radius 1 is 1.11 bits per heavy atom. The molecule has 4 rings (SSSR count). The molecule has 3 saturated heterocycles. The zero-order valence-electron chi connectivity index (χ0n) is 20.9. The summed E-state index contributed by atoms with van der Waals surface area (Å²) in [6, 6.07) is 8.80. The first-order valence-electron chi connectivity index (χ1n) is 13.2. The molecule has 7 nitrogen and oxygen atoms in total. The average Bonchev–Trinajstić information content (AvgIpc) is 3.44. The van der Waals surface area contributed by atoms with Gasteiger partial charge in [0.1, 0.15) is 6.04 Å². The summed E-state index contributed by atoms with van der Waals surface area (Å²) in [5.74, 6) is -1.03. The summed E-state index contributed by atoms with van der Waals surface area (Å²) in [4.78, 5) is 42.8. The molecule has 8 heteroatoms. The second-order valence-electron chi connectivity index (χ2n) is 10.2. The van der Waals surface area contributed by atoms with Crippen molar-refractivity contribution in [2.24, 2.45) is 17.8 Å². The predicted octanol–water partition coefficient (Wildman–Crippen LogP) is 3.43. The van der Waals surface area contributed by atoms with Gasteiger partial charge in [-0.2, -0.15) is 0 Å². The Hall–Kier alpha value is -2.06. The lowest BCUT2D eigenvalue weighted by molar-refractivity contribution is -0.139. The van der Waals surface area contributed by atoms with Gasteiger partial charge in [0.25, 0.3) is 0 Å². The maximum atomic E-state index is 13.9. The van der Waals surface area contributed by atoms with Crippen molar-refractivity contribution < 1.29 is 19.5 Å². The Morgan fingerprint density at radius 2 is 1.89 bits per heavy atom. The van der Waals surface area contributed by atoms with Crippen LogP contribution in [0.3, 0.4) is 0 Å². The number of amides is 3. The lowest BCUT2D eigenvalue weighted by Crippen LogP contribution is -2.56. The van der Waals surface area contributed by atoms with E-state index in [0.717, 1.165) is 44.2 Å². The fourth-order valence-electron chi connectivity index (χ4n) is 6.36. The lowest BCUT2D eigenvalue weighted by Gasteiger charge is -2.38. The van der Waals surface area contributed by atoms with Crippen LogP contribution in [0.15, 0.2) is 30.3 Å². The molecule has 2 bridgehead atoms. The van der Waals surface area contributed by atoms with Gasteiger partial charge >= 0.3 is 0 Å². The topological polar surface area (TPSA) is 98.7 Å². The number of benzene rings is 1. The number of unbranched alkanes of at least 4 members (excludes halogenated alkanes) is 4. The van der Waals surface area contributed by atoms with Gasteiger partial charge in [0, 0.05) is 30.6 Å². The Labute approximate surface area is 212 Å². The molecule has 3 aliphatic rings. The Morgan fingerprint density at radius 3 is 2.60 bits per heavy atom. The number of aliphatic hydroxyl groups is 1. The molecular formula is C27H39N3O4S. The van der Waals surface area contributed by atoms with Crippen LogP contribution in [0.25, 0.3) is 0 Å². The molecule has 3 aliphatic heterocycles. The van der Waals surface area contributed by atoms with E-state index in [1.54, 1.807) is 16.7 Å². The minimum absolute atomic E-state index is 0.0367. The van der Waals surface area contributed by atoms with Crippen molar-refractivity contribution in [3.05, 3.63) is 30.3 Å². The van der Waals surface area contributed by atoms with Gasteiger partial charge in [0.2, 0.25) is 17.7 Å². The van der Waals surface area contributed by atoms with Crippen molar-refractivity contribution in [1.29, 1.82) is 0 Å². The van der Waals surface area contributed by atoms with E-state index in [2.05, 4.69) is 24.5 Å². The number of carbonyl (C=O) groups excluding carboxylic acids is 3. The number of fused-ring (bicyclic) bond motifs is 1.